The Morgan fingerprint density at radius 3 is 1.45 bits per heavy atom. The van der Waals surface area contributed by atoms with Crippen LogP contribution in [-0.4, -0.2) is 43.1 Å². The molecule has 8 nitrogen and oxygen atoms in total. The largest absolute Gasteiger partial charge is 0.365 e. The van der Waals surface area contributed by atoms with Gasteiger partial charge in [-0.3, -0.25) is 9.13 Å². The number of hydroxylamine groups is 2. The zero-order chi connectivity index (χ0) is 16.9. The first-order valence-electron chi connectivity index (χ1n) is 7.60. The van der Waals surface area contributed by atoms with Gasteiger partial charge >= 0.3 is 15.2 Å². The Kier molecular flexibility index (Phi) is 7.70. The normalized spacial score (nSPS) is 19.7. The summed E-state index contributed by atoms with van der Waals surface area (Å²) in [5, 5.41) is 11.1. The molecule has 1 aliphatic heterocycles. The Labute approximate surface area is 132 Å². The van der Waals surface area contributed by atoms with Crippen molar-refractivity contribution < 1.29 is 32.4 Å². The van der Waals surface area contributed by atoms with E-state index in [0.717, 1.165) is 0 Å². The molecule has 0 saturated carbocycles. The quantitative estimate of drug-likeness (QED) is 0.551. The Morgan fingerprint density at radius 1 is 0.864 bits per heavy atom. The summed E-state index contributed by atoms with van der Waals surface area (Å²) in [7, 11) is -8.07. The lowest BCUT2D eigenvalue weighted by Gasteiger charge is -2.41. The van der Waals surface area contributed by atoms with Crippen molar-refractivity contribution in [3.05, 3.63) is 0 Å². The highest BCUT2D eigenvalue weighted by atomic mass is 31.2. The highest BCUT2D eigenvalue weighted by Gasteiger charge is 2.71. The molecule has 1 saturated heterocycles. The highest BCUT2D eigenvalue weighted by molar-refractivity contribution is 7.74. The molecule has 0 aromatic rings. The maximum Gasteiger partial charge on any atom is 0.365 e. The predicted molar refractivity (Wildman–Crippen MR) is 81.1 cm³/mol. The van der Waals surface area contributed by atoms with Crippen LogP contribution < -0.4 is 0 Å². The second-order valence-corrected chi connectivity index (χ2v) is 9.50. The van der Waals surface area contributed by atoms with Gasteiger partial charge in [0.15, 0.2) is 0 Å². The molecule has 0 bridgehead atoms. The minimum Gasteiger partial charge on any atom is -0.307 e. The van der Waals surface area contributed by atoms with Crippen molar-refractivity contribution in [3.8, 4) is 0 Å². The van der Waals surface area contributed by atoms with Crippen molar-refractivity contribution in [3.63, 3.8) is 0 Å². The molecule has 0 amide bonds. The Morgan fingerprint density at radius 2 is 1.23 bits per heavy atom. The lowest BCUT2D eigenvalue weighted by molar-refractivity contribution is -0.170. The molecule has 10 heteroatoms. The molecule has 131 valence electrons. The fourth-order valence-electron chi connectivity index (χ4n) is 2.63. The summed E-state index contributed by atoms with van der Waals surface area (Å²) in [5.41, 5.74) is 0. The fourth-order valence-corrected chi connectivity index (χ4v) is 8.47. The van der Waals surface area contributed by atoms with Crippen LogP contribution >= 0.6 is 15.2 Å². The Bertz CT molecular complexity index is 395. The number of rotatable bonds is 10. The number of hydrogen-bond donors (Lipinski definition) is 0. The van der Waals surface area contributed by atoms with Gasteiger partial charge in [-0.2, -0.15) is 0 Å². The first-order chi connectivity index (χ1) is 10.4. The van der Waals surface area contributed by atoms with Crippen LogP contribution in [0.4, 0.5) is 0 Å². The summed E-state index contributed by atoms with van der Waals surface area (Å²) in [5.74, 6) is 0. The van der Waals surface area contributed by atoms with Gasteiger partial charge in [0.2, 0.25) is 0 Å². The maximum absolute atomic E-state index is 13.3. The first kappa shape index (κ1) is 20.3. The standard InChI is InChI=1S/C12H26NO7P2/c1-5-17-21(15,18-6-2)12(10-9-11-13(12)14)22(16,19-7-3)20-8-4/h5-11H2,1-4H3. The minimum absolute atomic E-state index is 0.0606. The molecule has 0 spiro atoms. The third-order valence-corrected chi connectivity index (χ3v) is 9.86. The molecule has 0 aromatic heterocycles. The molecule has 1 heterocycles. The summed E-state index contributed by atoms with van der Waals surface area (Å²) in [6.07, 6.45) is 0.489. The lowest BCUT2D eigenvalue weighted by Crippen LogP contribution is -2.43. The van der Waals surface area contributed by atoms with E-state index in [2.05, 4.69) is 0 Å². The van der Waals surface area contributed by atoms with E-state index in [0.29, 0.717) is 11.5 Å². The topological polar surface area (TPSA) is 94.2 Å². The SMILES string of the molecule is CCOP(=O)(OCC)C1(P(=O)(OCC)OCC)CCCN1[O]. The van der Waals surface area contributed by atoms with E-state index in [1.807, 2.05) is 0 Å². The summed E-state index contributed by atoms with van der Waals surface area (Å²) >= 11 is 0. The Balaban J connectivity index is 3.47. The van der Waals surface area contributed by atoms with Crippen LogP contribution in [0.5, 0.6) is 0 Å². The zero-order valence-electron chi connectivity index (χ0n) is 13.6. The van der Waals surface area contributed by atoms with Gasteiger partial charge in [0.1, 0.15) is 0 Å². The summed E-state index contributed by atoms with van der Waals surface area (Å²) in [6.45, 7) is 6.86. The second kappa shape index (κ2) is 8.36. The average molecular weight is 358 g/mol. The van der Waals surface area contributed by atoms with Crippen molar-refractivity contribution in [2.45, 2.75) is 45.6 Å². The molecule has 0 aromatic carbocycles. The molecule has 22 heavy (non-hydrogen) atoms. The molecule has 1 radical (unpaired) electrons. The van der Waals surface area contributed by atoms with Crippen LogP contribution in [0.25, 0.3) is 0 Å². The van der Waals surface area contributed by atoms with Gasteiger partial charge in [0.25, 0.3) is 5.02 Å². The fraction of sp³-hybridized carbons (Fsp3) is 1.00. The van der Waals surface area contributed by atoms with Crippen LogP contribution in [0.2, 0.25) is 0 Å². The van der Waals surface area contributed by atoms with E-state index in [1.54, 1.807) is 27.7 Å². The van der Waals surface area contributed by atoms with Crippen LogP contribution in [-0.2, 0) is 32.4 Å². The van der Waals surface area contributed by atoms with E-state index >= 15 is 0 Å². The number of hydrogen-bond acceptors (Lipinski definition) is 7. The van der Waals surface area contributed by atoms with Crippen molar-refractivity contribution in [1.29, 1.82) is 0 Å². The van der Waals surface area contributed by atoms with Gasteiger partial charge in [0.05, 0.1) is 26.4 Å². The smallest absolute Gasteiger partial charge is 0.307 e. The van der Waals surface area contributed by atoms with Gasteiger partial charge in [0, 0.05) is 6.54 Å². The zero-order valence-corrected chi connectivity index (χ0v) is 15.4. The van der Waals surface area contributed by atoms with Crippen molar-refractivity contribution >= 4 is 15.2 Å². The molecule has 0 N–H and O–H groups in total. The monoisotopic (exact) mass is 358 g/mol. The van der Waals surface area contributed by atoms with E-state index < -0.39 is 20.2 Å². The summed E-state index contributed by atoms with van der Waals surface area (Å²) in [4.78, 5) is 0. The Hall–Kier alpha value is 0.220. The van der Waals surface area contributed by atoms with Gasteiger partial charge in [-0.15, -0.1) is 10.3 Å². The van der Waals surface area contributed by atoms with E-state index in [1.165, 1.54) is 0 Å². The molecule has 0 unspecified atom stereocenters. The minimum atomic E-state index is -4.03. The number of nitrogens with zero attached hydrogens (tertiary/aromatic N) is 1. The summed E-state index contributed by atoms with van der Waals surface area (Å²) in [6, 6.07) is 0. The van der Waals surface area contributed by atoms with Crippen molar-refractivity contribution in [2.24, 2.45) is 0 Å². The summed E-state index contributed by atoms with van der Waals surface area (Å²) < 4.78 is 48.0. The van der Waals surface area contributed by atoms with Crippen LogP contribution in [0.15, 0.2) is 0 Å². The van der Waals surface area contributed by atoms with Gasteiger partial charge in [-0.05, 0) is 40.5 Å². The lowest BCUT2D eigenvalue weighted by atomic mass is 10.4. The van der Waals surface area contributed by atoms with Crippen LogP contribution in [0.3, 0.4) is 0 Å². The molecular weight excluding hydrogens is 332 g/mol. The highest BCUT2D eigenvalue weighted by Crippen LogP contribution is 2.81. The van der Waals surface area contributed by atoms with Crippen molar-refractivity contribution in [2.75, 3.05) is 33.0 Å². The van der Waals surface area contributed by atoms with Crippen LogP contribution in [0.1, 0.15) is 40.5 Å². The molecule has 0 aliphatic carbocycles. The average Bonchev–Trinajstić information content (AvgIpc) is 2.83. The van der Waals surface area contributed by atoms with E-state index in [-0.39, 0.29) is 39.4 Å². The molecule has 1 fully saturated rings. The van der Waals surface area contributed by atoms with Gasteiger partial charge < -0.3 is 18.1 Å². The molecule has 1 rings (SSSR count). The predicted octanol–water partition coefficient (Wildman–Crippen LogP) is 3.61. The van der Waals surface area contributed by atoms with Gasteiger partial charge in [-0.1, -0.05) is 0 Å². The first-order valence-corrected chi connectivity index (χ1v) is 10.7. The molecule has 1 aliphatic rings. The maximum atomic E-state index is 13.3. The van der Waals surface area contributed by atoms with Gasteiger partial charge in [-0.25, -0.2) is 0 Å². The van der Waals surface area contributed by atoms with E-state index in [9.17, 15) is 14.3 Å². The third-order valence-electron chi connectivity index (χ3n) is 3.35. The third kappa shape index (κ3) is 3.35. The van der Waals surface area contributed by atoms with Crippen LogP contribution in [0, 0.1) is 0 Å². The second-order valence-electron chi connectivity index (χ2n) is 4.65. The van der Waals surface area contributed by atoms with Crippen molar-refractivity contribution in [1.82, 2.24) is 5.06 Å². The van der Waals surface area contributed by atoms with E-state index in [4.69, 9.17) is 18.1 Å². The molecule has 0 atom stereocenters. The molecular formula is C12H26NO7P2.